The Morgan fingerprint density at radius 1 is 1.18 bits per heavy atom. The molecule has 0 aliphatic carbocycles. The first kappa shape index (κ1) is 16.9. The number of thiophene rings is 1. The van der Waals surface area contributed by atoms with Crippen LogP contribution < -0.4 is 0 Å². The van der Waals surface area contributed by atoms with Gasteiger partial charge in [0.1, 0.15) is 20.9 Å². The van der Waals surface area contributed by atoms with Gasteiger partial charge in [-0.25, -0.2) is 9.97 Å². The van der Waals surface area contributed by atoms with Crippen molar-refractivity contribution in [2.75, 3.05) is 14.1 Å². The maximum absolute atomic E-state index is 12.2. The number of aromatic nitrogens is 2. The summed E-state index contributed by atoms with van der Waals surface area (Å²) in [5.41, 5.74) is 1.11. The molecule has 1 amide bonds. The summed E-state index contributed by atoms with van der Waals surface area (Å²) in [7, 11) is 3.30. The fraction of sp³-hybridized carbons (Fsp3) is 0.467. The molecular formula is C15H19N3O2S2. The zero-order chi connectivity index (χ0) is 16.6. The van der Waals surface area contributed by atoms with Gasteiger partial charge in [0, 0.05) is 24.4 Å². The molecule has 0 aliphatic rings. The number of amides is 1. The summed E-state index contributed by atoms with van der Waals surface area (Å²) >= 11 is 2.83. The highest BCUT2D eigenvalue weighted by atomic mass is 32.2. The molecule has 118 valence electrons. The van der Waals surface area contributed by atoms with Gasteiger partial charge in [-0.3, -0.25) is 9.59 Å². The number of hydrogen-bond donors (Lipinski definition) is 0. The SMILES string of the molecule is CC(=O)[C@@H](Sc1nc(C)nc2sc(C)c(C)c12)C(=O)N(C)C. The summed E-state index contributed by atoms with van der Waals surface area (Å²) in [6.07, 6.45) is 0. The van der Waals surface area contributed by atoms with E-state index in [-0.39, 0.29) is 11.7 Å². The van der Waals surface area contributed by atoms with E-state index in [0.29, 0.717) is 10.9 Å². The molecule has 0 fully saturated rings. The van der Waals surface area contributed by atoms with Crippen LogP contribution in [0, 0.1) is 20.8 Å². The van der Waals surface area contributed by atoms with Crippen molar-refractivity contribution in [1.29, 1.82) is 0 Å². The van der Waals surface area contributed by atoms with Gasteiger partial charge >= 0.3 is 0 Å². The normalized spacial score (nSPS) is 12.5. The van der Waals surface area contributed by atoms with E-state index >= 15 is 0 Å². The first-order valence-electron chi connectivity index (χ1n) is 6.85. The Hall–Kier alpha value is -1.47. The van der Waals surface area contributed by atoms with Crippen LogP contribution in [-0.4, -0.2) is 45.9 Å². The second-order valence-corrected chi connectivity index (χ2v) is 7.68. The lowest BCUT2D eigenvalue weighted by molar-refractivity contribution is -0.132. The third kappa shape index (κ3) is 3.15. The molecule has 2 aromatic heterocycles. The number of nitrogens with zero attached hydrogens (tertiary/aromatic N) is 3. The van der Waals surface area contributed by atoms with Crippen LogP contribution in [0.3, 0.4) is 0 Å². The molecule has 0 bridgehead atoms. The number of carbonyl (C=O) groups is 2. The number of rotatable bonds is 4. The van der Waals surface area contributed by atoms with Gasteiger partial charge in [-0.15, -0.1) is 11.3 Å². The molecule has 0 aliphatic heterocycles. The Morgan fingerprint density at radius 3 is 2.36 bits per heavy atom. The van der Waals surface area contributed by atoms with Crippen LogP contribution in [0.2, 0.25) is 0 Å². The van der Waals surface area contributed by atoms with E-state index in [1.807, 2.05) is 20.8 Å². The van der Waals surface area contributed by atoms with Gasteiger partial charge < -0.3 is 4.90 Å². The second-order valence-electron chi connectivity index (χ2n) is 5.38. The summed E-state index contributed by atoms with van der Waals surface area (Å²) in [5, 5.41) is 0.891. The highest BCUT2D eigenvalue weighted by molar-refractivity contribution is 8.01. The maximum atomic E-state index is 12.2. The minimum Gasteiger partial charge on any atom is -0.347 e. The molecule has 0 radical (unpaired) electrons. The van der Waals surface area contributed by atoms with Crippen molar-refractivity contribution in [3.8, 4) is 0 Å². The summed E-state index contributed by atoms with van der Waals surface area (Å²) in [4.78, 5) is 36.6. The molecule has 2 rings (SSSR count). The van der Waals surface area contributed by atoms with E-state index in [2.05, 4.69) is 9.97 Å². The number of thioether (sulfide) groups is 1. The molecule has 5 nitrogen and oxygen atoms in total. The predicted octanol–water partition coefficient (Wildman–Crippen LogP) is 2.75. The van der Waals surface area contributed by atoms with Gasteiger partial charge in [-0.05, 0) is 33.3 Å². The highest BCUT2D eigenvalue weighted by Gasteiger charge is 2.28. The van der Waals surface area contributed by atoms with Gasteiger partial charge in [-0.2, -0.15) is 0 Å². The third-order valence-corrected chi connectivity index (χ3v) is 5.76. The van der Waals surface area contributed by atoms with E-state index in [0.717, 1.165) is 15.8 Å². The highest BCUT2D eigenvalue weighted by Crippen LogP contribution is 2.37. The van der Waals surface area contributed by atoms with Crippen LogP contribution in [0.25, 0.3) is 10.2 Å². The third-order valence-electron chi connectivity index (χ3n) is 3.37. The smallest absolute Gasteiger partial charge is 0.243 e. The Labute approximate surface area is 138 Å². The van der Waals surface area contributed by atoms with E-state index in [9.17, 15) is 9.59 Å². The van der Waals surface area contributed by atoms with E-state index in [1.54, 1.807) is 25.4 Å². The fourth-order valence-corrected chi connectivity index (χ4v) is 4.45. The maximum Gasteiger partial charge on any atom is 0.243 e. The van der Waals surface area contributed by atoms with Crippen LogP contribution in [-0.2, 0) is 9.59 Å². The number of ketones is 1. The average molecular weight is 337 g/mol. The van der Waals surface area contributed by atoms with Gasteiger partial charge in [0.15, 0.2) is 5.78 Å². The lowest BCUT2D eigenvalue weighted by atomic mass is 10.2. The molecule has 0 spiro atoms. The molecule has 0 saturated carbocycles. The molecule has 7 heteroatoms. The molecular weight excluding hydrogens is 318 g/mol. The molecule has 2 heterocycles. The largest absolute Gasteiger partial charge is 0.347 e. The number of fused-ring (bicyclic) bond motifs is 1. The first-order valence-corrected chi connectivity index (χ1v) is 8.54. The lowest BCUT2D eigenvalue weighted by Gasteiger charge is -2.18. The monoisotopic (exact) mass is 337 g/mol. The van der Waals surface area contributed by atoms with Crippen molar-refractivity contribution in [3.63, 3.8) is 0 Å². The van der Waals surface area contributed by atoms with Crippen LogP contribution in [0.15, 0.2) is 5.03 Å². The number of carbonyl (C=O) groups excluding carboxylic acids is 2. The van der Waals surface area contributed by atoms with Crippen molar-refractivity contribution < 1.29 is 9.59 Å². The zero-order valence-electron chi connectivity index (χ0n) is 13.6. The Balaban J connectivity index is 2.54. The second kappa shape index (κ2) is 6.34. The van der Waals surface area contributed by atoms with Gasteiger partial charge in [0.2, 0.25) is 5.91 Å². The lowest BCUT2D eigenvalue weighted by Crippen LogP contribution is -2.36. The molecule has 0 unspecified atom stereocenters. The summed E-state index contributed by atoms with van der Waals surface area (Å²) in [6.45, 7) is 7.33. The van der Waals surface area contributed by atoms with Gasteiger partial charge in [-0.1, -0.05) is 11.8 Å². The number of hydrogen-bond acceptors (Lipinski definition) is 6. The quantitative estimate of drug-likeness (QED) is 0.488. The molecule has 0 aromatic carbocycles. The van der Waals surface area contributed by atoms with Crippen molar-refractivity contribution in [2.24, 2.45) is 0 Å². The molecule has 2 aromatic rings. The molecule has 22 heavy (non-hydrogen) atoms. The summed E-state index contributed by atoms with van der Waals surface area (Å²) < 4.78 is 0. The number of Topliss-reactive ketones (excluding diaryl/α,β-unsaturated/α-hetero) is 1. The summed E-state index contributed by atoms with van der Waals surface area (Å²) in [5.74, 6) is 0.264. The van der Waals surface area contributed by atoms with E-state index in [1.165, 1.54) is 28.5 Å². The van der Waals surface area contributed by atoms with Crippen LogP contribution in [0.4, 0.5) is 0 Å². The Bertz CT molecular complexity index is 753. The Morgan fingerprint density at radius 2 is 1.82 bits per heavy atom. The molecule has 0 saturated heterocycles. The molecule has 0 N–H and O–H groups in total. The topological polar surface area (TPSA) is 63.2 Å². The number of aryl methyl sites for hydroxylation is 3. The van der Waals surface area contributed by atoms with Crippen molar-refractivity contribution >= 4 is 45.0 Å². The van der Waals surface area contributed by atoms with Crippen molar-refractivity contribution in [3.05, 3.63) is 16.3 Å². The Kier molecular flexibility index (Phi) is 4.87. The predicted molar refractivity (Wildman–Crippen MR) is 90.6 cm³/mol. The van der Waals surface area contributed by atoms with Gasteiger partial charge in [0.25, 0.3) is 0 Å². The zero-order valence-corrected chi connectivity index (χ0v) is 15.2. The van der Waals surface area contributed by atoms with Gasteiger partial charge in [0.05, 0.1) is 0 Å². The van der Waals surface area contributed by atoms with E-state index < -0.39 is 5.25 Å². The standard InChI is InChI=1S/C15H19N3O2S2/c1-7-9(3)21-13-11(7)14(17-10(4)16-13)22-12(8(2)19)15(20)18(5)6/h12H,1-6H3/t12-/m1/s1. The first-order chi connectivity index (χ1) is 10.2. The van der Waals surface area contributed by atoms with Crippen LogP contribution >= 0.6 is 23.1 Å². The van der Waals surface area contributed by atoms with E-state index in [4.69, 9.17) is 0 Å². The molecule has 1 atom stereocenters. The van der Waals surface area contributed by atoms with Crippen LogP contribution in [0.1, 0.15) is 23.2 Å². The average Bonchev–Trinajstić information content (AvgIpc) is 2.69. The minimum absolute atomic E-state index is 0.169. The summed E-state index contributed by atoms with van der Waals surface area (Å²) in [6, 6.07) is 0. The van der Waals surface area contributed by atoms with Crippen molar-refractivity contribution in [1.82, 2.24) is 14.9 Å². The van der Waals surface area contributed by atoms with Crippen LogP contribution in [0.5, 0.6) is 0 Å². The fourth-order valence-electron chi connectivity index (χ4n) is 2.05. The minimum atomic E-state index is -0.771. The van der Waals surface area contributed by atoms with Crippen molar-refractivity contribution in [2.45, 2.75) is 38.0 Å².